The molecule has 2 aromatic rings. The summed E-state index contributed by atoms with van der Waals surface area (Å²) in [5.74, 6) is 0.678. The van der Waals surface area contributed by atoms with Gasteiger partial charge < -0.3 is 10.2 Å². The highest BCUT2D eigenvalue weighted by Crippen LogP contribution is 2.31. The topological polar surface area (TPSA) is 24.5 Å². The largest absolute Gasteiger partial charge is 0.416 e. The van der Waals surface area contributed by atoms with Crippen LogP contribution in [0.25, 0.3) is 5.70 Å². The predicted molar refractivity (Wildman–Crippen MR) is 86.1 cm³/mol. The first-order valence-electron chi connectivity index (χ1n) is 7.63. The molecule has 0 radical (unpaired) electrons. The second kappa shape index (κ2) is 6.97. The van der Waals surface area contributed by atoms with E-state index in [1.807, 2.05) is 36.4 Å². The number of para-hydroxylation sites is 1. The van der Waals surface area contributed by atoms with E-state index in [1.165, 1.54) is 12.1 Å². The lowest BCUT2D eigenvalue weighted by Crippen LogP contribution is -2.30. The minimum Gasteiger partial charge on any atom is -0.380 e. The molecular formula is C18H17F3N2O. The zero-order valence-electron chi connectivity index (χ0n) is 12.9. The van der Waals surface area contributed by atoms with Gasteiger partial charge in [0, 0.05) is 18.7 Å². The van der Waals surface area contributed by atoms with Crippen molar-refractivity contribution in [1.82, 2.24) is 10.4 Å². The number of benzene rings is 2. The Morgan fingerprint density at radius 3 is 2.33 bits per heavy atom. The lowest BCUT2D eigenvalue weighted by atomic mass is 10.1. The Kier molecular flexibility index (Phi) is 4.76. The van der Waals surface area contributed by atoms with Gasteiger partial charge in [-0.1, -0.05) is 30.3 Å². The van der Waals surface area contributed by atoms with E-state index >= 15 is 0 Å². The van der Waals surface area contributed by atoms with E-state index in [2.05, 4.69) is 5.32 Å². The molecule has 0 saturated heterocycles. The number of hydroxylamine groups is 2. The van der Waals surface area contributed by atoms with Crippen molar-refractivity contribution in [2.45, 2.75) is 6.18 Å². The Hall–Kier alpha value is -2.47. The van der Waals surface area contributed by atoms with Gasteiger partial charge in [0.2, 0.25) is 0 Å². The Morgan fingerprint density at radius 2 is 1.67 bits per heavy atom. The van der Waals surface area contributed by atoms with E-state index in [1.54, 1.807) is 5.06 Å². The molecule has 1 heterocycles. The maximum Gasteiger partial charge on any atom is 0.416 e. The molecule has 6 heteroatoms. The molecule has 1 aliphatic heterocycles. The summed E-state index contributed by atoms with van der Waals surface area (Å²) in [5, 5.41) is 4.93. The van der Waals surface area contributed by atoms with Gasteiger partial charge in [-0.2, -0.15) is 13.2 Å². The first-order valence-corrected chi connectivity index (χ1v) is 7.63. The molecular weight excluding hydrogens is 317 g/mol. The van der Waals surface area contributed by atoms with Crippen molar-refractivity contribution < 1.29 is 18.0 Å². The third kappa shape index (κ3) is 3.89. The molecule has 0 aliphatic carbocycles. The standard InChI is InChI=1S/C18H17F3N2O/c19-18(20,21)15-8-6-14(7-9-15)17-10-11-22-12-13-23(17)24-16-4-2-1-3-5-16/h1-10,22H,11-13H2. The van der Waals surface area contributed by atoms with Crippen LogP contribution in [0, 0.1) is 0 Å². The average molecular weight is 334 g/mol. The van der Waals surface area contributed by atoms with Crippen LogP contribution in [0.3, 0.4) is 0 Å². The fourth-order valence-corrected chi connectivity index (χ4v) is 2.47. The number of halogens is 3. The quantitative estimate of drug-likeness (QED) is 0.920. The summed E-state index contributed by atoms with van der Waals surface area (Å²) in [6.45, 7) is 1.93. The van der Waals surface area contributed by atoms with Crippen molar-refractivity contribution >= 4 is 5.70 Å². The molecule has 2 aromatic carbocycles. The third-order valence-electron chi connectivity index (χ3n) is 3.67. The molecule has 1 aliphatic rings. The summed E-state index contributed by atoms with van der Waals surface area (Å²) in [6, 6.07) is 14.4. The predicted octanol–water partition coefficient (Wildman–Crippen LogP) is 3.95. The number of hydrogen-bond donors (Lipinski definition) is 1. The molecule has 0 saturated carbocycles. The molecule has 126 valence electrons. The minimum atomic E-state index is -4.34. The molecule has 0 bridgehead atoms. The van der Waals surface area contributed by atoms with Gasteiger partial charge in [-0.3, -0.25) is 0 Å². The molecule has 1 N–H and O–H groups in total. The van der Waals surface area contributed by atoms with E-state index in [9.17, 15) is 13.2 Å². The number of hydrogen-bond acceptors (Lipinski definition) is 3. The van der Waals surface area contributed by atoms with Crippen LogP contribution in [-0.4, -0.2) is 24.7 Å². The summed E-state index contributed by atoms with van der Waals surface area (Å²) in [6.07, 6.45) is -2.42. The van der Waals surface area contributed by atoms with Gasteiger partial charge in [0.1, 0.15) is 0 Å². The van der Waals surface area contributed by atoms with Gasteiger partial charge in [-0.25, -0.2) is 5.06 Å². The Labute approximate surface area is 138 Å². The third-order valence-corrected chi connectivity index (χ3v) is 3.67. The number of nitrogens with zero attached hydrogens (tertiary/aromatic N) is 1. The summed E-state index contributed by atoms with van der Waals surface area (Å²) >= 11 is 0. The van der Waals surface area contributed by atoms with Crippen molar-refractivity contribution in [3.63, 3.8) is 0 Å². The molecule has 0 spiro atoms. The normalized spacial score (nSPS) is 15.6. The van der Waals surface area contributed by atoms with Crippen molar-refractivity contribution in [2.75, 3.05) is 19.6 Å². The molecule has 0 amide bonds. The summed E-state index contributed by atoms with van der Waals surface area (Å²) in [7, 11) is 0. The van der Waals surface area contributed by atoms with Crippen molar-refractivity contribution in [1.29, 1.82) is 0 Å². The van der Waals surface area contributed by atoms with Gasteiger partial charge in [-0.05, 0) is 30.3 Å². The maximum atomic E-state index is 12.7. The second-order valence-corrected chi connectivity index (χ2v) is 5.38. The highest BCUT2D eigenvalue weighted by atomic mass is 19.4. The zero-order valence-corrected chi connectivity index (χ0v) is 12.9. The number of alkyl halides is 3. The zero-order chi connectivity index (χ0) is 17.0. The monoisotopic (exact) mass is 334 g/mol. The van der Waals surface area contributed by atoms with Crippen molar-refractivity contribution in [2.24, 2.45) is 0 Å². The molecule has 3 nitrogen and oxygen atoms in total. The SMILES string of the molecule is FC(F)(F)c1ccc(C2=CCNCCN2Oc2ccccc2)cc1. The van der Waals surface area contributed by atoms with Crippen LogP contribution in [0.4, 0.5) is 13.2 Å². The summed E-state index contributed by atoms with van der Waals surface area (Å²) in [5.41, 5.74) is 0.773. The Balaban J connectivity index is 1.86. The molecule has 3 rings (SSSR count). The summed E-state index contributed by atoms with van der Waals surface area (Å²) < 4.78 is 38.2. The fourth-order valence-electron chi connectivity index (χ4n) is 2.47. The van der Waals surface area contributed by atoms with Crippen LogP contribution in [-0.2, 0) is 6.18 Å². The second-order valence-electron chi connectivity index (χ2n) is 5.38. The number of nitrogens with one attached hydrogen (secondary N) is 1. The molecule has 0 fully saturated rings. The maximum absolute atomic E-state index is 12.7. The van der Waals surface area contributed by atoms with E-state index in [0.29, 0.717) is 30.9 Å². The van der Waals surface area contributed by atoms with Gasteiger partial charge in [-0.15, -0.1) is 0 Å². The lowest BCUT2D eigenvalue weighted by molar-refractivity contribution is -0.137. The summed E-state index contributed by atoms with van der Waals surface area (Å²) in [4.78, 5) is 5.90. The van der Waals surface area contributed by atoms with Gasteiger partial charge in [0.15, 0.2) is 5.75 Å². The van der Waals surface area contributed by atoms with E-state index < -0.39 is 11.7 Å². The van der Waals surface area contributed by atoms with E-state index in [-0.39, 0.29) is 0 Å². The van der Waals surface area contributed by atoms with Crippen molar-refractivity contribution in [3.05, 3.63) is 71.8 Å². The Morgan fingerprint density at radius 1 is 0.958 bits per heavy atom. The van der Waals surface area contributed by atoms with E-state index in [0.717, 1.165) is 17.8 Å². The van der Waals surface area contributed by atoms with Crippen LogP contribution in [0.15, 0.2) is 60.7 Å². The van der Waals surface area contributed by atoms with Crippen LogP contribution >= 0.6 is 0 Å². The molecule has 0 unspecified atom stereocenters. The Bertz CT molecular complexity index is 696. The van der Waals surface area contributed by atoms with E-state index in [4.69, 9.17) is 4.84 Å². The molecule has 0 atom stereocenters. The van der Waals surface area contributed by atoms with Crippen molar-refractivity contribution in [3.8, 4) is 5.75 Å². The van der Waals surface area contributed by atoms with Gasteiger partial charge in [0.05, 0.1) is 17.8 Å². The van der Waals surface area contributed by atoms with Crippen LogP contribution in [0.5, 0.6) is 5.75 Å². The fraction of sp³-hybridized carbons (Fsp3) is 0.222. The highest BCUT2D eigenvalue weighted by Gasteiger charge is 2.30. The average Bonchev–Trinajstić information content (AvgIpc) is 2.81. The van der Waals surface area contributed by atoms with Gasteiger partial charge in [0.25, 0.3) is 0 Å². The van der Waals surface area contributed by atoms with Crippen LogP contribution in [0.1, 0.15) is 11.1 Å². The van der Waals surface area contributed by atoms with Crippen LogP contribution < -0.4 is 10.2 Å². The molecule has 0 aromatic heterocycles. The minimum absolute atomic E-state index is 0.585. The molecule has 24 heavy (non-hydrogen) atoms. The first kappa shape index (κ1) is 16.4. The first-order chi connectivity index (χ1) is 11.5. The lowest BCUT2D eigenvalue weighted by Gasteiger charge is -2.26. The smallest absolute Gasteiger partial charge is 0.380 e. The number of rotatable bonds is 3. The van der Waals surface area contributed by atoms with Gasteiger partial charge >= 0.3 is 6.18 Å². The van der Waals surface area contributed by atoms with Crippen LogP contribution in [0.2, 0.25) is 0 Å². The highest BCUT2D eigenvalue weighted by molar-refractivity contribution is 5.64.